The fraction of sp³-hybridized carbons (Fsp3) is 0. The number of hydrogen-bond acceptors (Lipinski definition) is 2. The van der Waals surface area contributed by atoms with Crippen LogP contribution in [0, 0.1) is 0 Å². The second kappa shape index (κ2) is 8.44. The van der Waals surface area contributed by atoms with Crippen molar-refractivity contribution in [1.82, 2.24) is 0 Å². The standard InChI is InChI=1S/C34H23NO/c1-2-7-23(8-3-1)24-13-18-27(19-14-24)35-28-20-15-26(16-21-28)30-11-6-12-31-32-22-17-25-9-4-5-10-29(25)34(32)36-33(30)31/h1-22,35H. The van der Waals surface area contributed by atoms with E-state index in [9.17, 15) is 0 Å². The van der Waals surface area contributed by atoms with E-state index in [0.29, 0.717) is 0 Å². The topological polar surface area (TPSA) is 25.2 Å². The Kier molecular flexibility index (Phi) is 4.82. The van der Waals surface area contributed by atoms with Crippen LogP contribution in [-0.2, 0) is 0 Å². The lowest BCUT2D eigenvalue weighted by Gasteiger charge is -2.09. The van der Waals surface area contributed by atoms with Crippen LogP contribution in [0.1, 0.15) is 0 Å². The minimum Gasteiger partial charge on any atom is -0.455 e. The molecular formula is C34H23NO. The molecule has 2 heteroatoms. The fourth-order valence-corrected chi connectivity index (χ4v) is 5.03. The zero-order chi connectivity index (χ0) is 23.9. The van der Waals surface area contributed by atoms with Crippen molar-refractivity contribution in [3.8, 4) is 22.3 Å². The highest BCUT2D eigenvalue weighted by Crippen LogP contribution is 2.39. The quantitative estimate of drug-likeness (QED) is 0.282. The van der Waals surface area contributed by atoms with E-state index in [1.165, 1.54) is 16.5 Å². The Hall–Kier alpha value is -4.82. The maximum absolute atomic E-state index is 6.51. The molecule has 0 bridgehead atoms. The predicted octanol–water partition coefficient (Wildman–Crippen LogP) is 9.82. The van der Waals surface area contributed by atoms with E-state index in [1.807, 2.05) is 6.07 Å². The Morgan fingerprint density at radius 2 is 1.00 bits per heavy atom. The highest BCUT2D eigenvalue weighted by Gasteiger charge is 2.14. The highest BCUT2D eigenvalue weighted by atomic mass is 16.3. The molecule has 0 fully saturated rings. The maximum Gasteiger partial charge on any atom is 0.143 e. The summed E-state index contributed by atoms with van der Waals surface area (Å²) in [6.45, 7) is 0. The van der Waals surface area contributed by atoms with Gasteiger partial charge in [-0.1, -0.05) is 103 Å². The maximum atomic E-state index is 6.51. The predicted molar refractivity (Wildman–Crippen MR) is 152 cm³/mol. The van der Waals surface area contributed by atoms with E-state index in [2.05, 4.69) is 133 Å². The first-order valence-corrected chi connectivity index (χ1v) is 12.2. The molecule has 1 heterocycles. The summed E-state index contributed by atoms with van der Waals surface area (Å²) in [6.07, 6.45) is 0. The molecule has 0 aliphatic heterocycles. The van der Waals surface area contributed by atoms with Crippen molar-refractivity contribution in [2.75, 3.05) is 5.32 Å². The molecule has 170 valence electrons. The minimum atomic E-state index is 0.932. The van der Waals surface area contributed by atoms with Crippen LogP contribution < -0.4 is 5.32 Å². The summed E-state index contributed by atoms with van der Waals surface area (Å²) < 4.78 is 6.51. The monoisotopic (exact) mass is 461 g/mol. The van der Waals surface area contributed by atoms with Crippen LogP contribution in [0.3, 0.4) is 0 Å². The summed E-state index contributed by atoms with van der Waals surface area (Å²) in [5.41, 5.74) is 8.67. The number of hydrogen-bond donors (Lipinski definition) is 1. The first kappa shape index (κ1) is 20.5. The van der Waals surface area contributed by atoms with Gasteiger partial charge in [0, 0.05) is 33.1 Å². The molecule has 0 aliphatic rings. The summed E-state index contributed by atoms with van der Waals surface area (Å²) >= 11 is 0. The summed E-state index contributed by atoms with van der Waals surface area (Å²) in [6, 6.07) is 46.7. The highest BCUT2D eigenvalue weighted by molar-refractivity contribution is 6.17. The van der Waals surface area contributed by atoms with Gasteiger partial charge in [0.2, 0.25) is 0 Å². The lowest BCUT2D eigenvalue weighted by molar-refractivity contribution is 0.674. The normalized spacial score (nSPS) is 11.3. The van der Waals surface area contributed by atoms with Crippen LogP contribution in [0.15, 0.2) is 138 Å². The van der Waals surface area contributed by atoms with Gasteiger partial charge < -0.3 is 9.73 Å². The Bertz CT molecular complexity index is 1830. The van der Waals surface area contributed by atoms with E-state index < -0.39 is 0 Å². The van der Waals surface area contributed by atoms with E-state index in [0.717, 1.165) is 49.8 Å². The minimum absolute atomic E-state index is 0.932. The van der Waals surface area contributed by atoms with Gasteiger partial charge >= 0.3 is 0 Å². The van der Waals surface area contributed by atoms with Gasteiger partial charge in [-0.2, -0.15) is 0 Å². The number of fused-ring (bicyclic) bond motifs is 5. The van der Waals surface area contributed by atoms with Gasteiger partial charge in [0.1, 0.15) is 11.2 Å². The van der Waals surface area contributed by atoms with E-state index in [4.69, 9.17) is 4.42 Å². The Labute approximate surface area is 209 Å². The molecule has 0 amide bonds. The van der Waals surface area contributed by atoms with E-state index in [1.54, 1.807) is 0 Å². The Morgan fingerprint density at radius 3 is 1.78 bits per heavy atom. The van der Waals surface area contributed by atoms with Crippen LogP contribution in [0.2, 0.25) is 0 Å². The van der Waals surface area contributed by atoms with E-state index >= 15 is 0 Å². The van der Waals surface area contributed by atoms with Crippen molar-refractivity contribution >= 4 is 44.1 Å². The summed E-state index contributed by atoms with van der Waals surface area (Å²) in [7, 11) is 0. The molecule has 0 saturated heterocycles. The van der Waals surface area contributed by atoms with Gasteiger partial charge in [-0.05, 0) is 52.4 Å². The smallest absolute Gasteiger partial charge is 0.143 e. The SMILES string of the molecule is c1ccc(-c2ccc(Nc3ccc(-c4cccc5c4oc4c6ccccc6ccc54)cc3)cc2)cc1. The largest absolute Gasteiger partial charge is 0.455 e. The van der Waals surface area contributed by atoms with Crippen LogP contribution in [0.4, 0.5) is 11.4 Å². The third kappa shape index (κ3) is 3.52. The van der Waals surface area contributed by atoms with Crippen molar-refractivity contribution in [1.29, 1.82) is 0 Å². The molecular weight excluding hydrogens is 438 g/mol. The van der Waals surface area contributed by atoms with Gasteiger partial charge in [-0.3, -0.25) is 0 Å². The van der Waals surface area contributed by atoms with Gasteiger partial charge in [0.05, 0.1) is 0 Å². The summed E-state index contributed by atoms with van der Waals surface area (Å²) in [5.74, 6) is 0. The number of furan rings is 1. The summed E-state index contributed by atoms with van der Waals surface area (Å²) in [5, 5.41) is 8.16. The van der Waals surface area contributed by atoms with Crippen molar-refractivity contribution in [3.05, 3.63) is 133 Å². The fourth-order valence-electron chi connectivity index (χ4n) is 5.03. The molecule has 0 aliphatic carbocycles. The van der Waals surface area contributed by atoms with Crippen molar-refractivity contribution in [2.24, 2.45) is 0 Å². The second-order valence-corrected chi connectivity index (χ2v) is 9.09. The second-order valence-electron chi connectivity index (χ2n) is 9.09. The van der Waals surface area contributed by atoms with Gasteiger partial charge in [-0.25, -0.2) is 0 Å². The van der Waals surface area contributed by atoms with Gasteiger partial charge in [0.15, 0.2) is 0 Å². The van der Waals surface area contributed by atoms with Gasteiger partial charge in [0.25, 0.3) is 0 Å². The third-order valence-corrected chi connectivity index (χ3v) is 6.87. The first-order valence-electron chi connectivity index (χ1n) is 12.2. The zero-order valence-corrected chi connectivity index (χ0v) is 19.6. The van der Waals surface area contributed by atoms with Crippen molar-refractivity contribution in [2.45, 2.75) is 0 Å². The van der Waals surface area contributed by atoms with Crippen LogP contribution in [0.5, 0.6) is 0 Å². The molecule has 6 aromatic carbocycles. The molecule has 7 aromatic rings. The molecule has 0 radical (unpaired) electrons. The number of rotatable bonds is 4. The van der Waals surface area contributed by atoms with Crippen molar-refractivity contribution in [3.63, 3.8) is 0 Å². The molecule has 2 nitrogen and oxygen atoms in total. The molecule has 0 atom stereocenters. The average molecular weight is 462 g/mol. The molecule has 36 heavy (non-hydrogen) atoms. The molecule has 7 rings (SSSR count). The van der Waals surface area contributed by atoms with Crippen LogP contribution in [0.25, 0.3) is 55.0 Å². The molecule has 0 spiro atoms. The average Bonchev–Trinajstić information content (AvgIpc) is 3.34. The number of benzene rings is 6. The zero-order valence-electron chi connectivity index (χ0n) is 19.6. The first-order chi connectivity index (χ1) is 17.8. The number of anilines is 2. The molecule has 1 N–H and O–H groups in total. The van der Waals surface area contributed by atoms with Crippen LogP contribution >= 0.6 is 0 Å². The molecule has 0 saturated carbocycles. The lowest BCUT2D eigenvalue weighted by atomic mass is 10.0. The Balaban J connectivity index is 1.20. The van der Waals surface area contributed by atoms with Crippen LogP contribution in [-0.4, -0.2) is 0 Å². The number of para-hydroxylation sites is 1. The lowest BCUT2D eigenvalue weighted by Crippen LogP contribution is -1.90. The molecule has 0 unspecified atom stereocenters. The Morgan fingerprint density at radius 1 is 0.389 bits per heavy atom. The third-order valence-electron chi connectivity index (χ3n) is 6.87. The summed E-state index contributed by atoms with van der Waals surface area (Å²) in [4.78, 5) is 0. The van der Waals surface area contributed by atoms with Gasteiger partial charge in [-0.15, -0.1) is 0 Å². The van der Waals surface area contributed by atoms with Crippen molar-refractivity contribution < 1.29 is 4.42 Å². The molecule has 1 aromatic heterocycles. The number of nitrogens with one attached hydrogen (secondary N) is 1. The van der Waals surface area contributed by atoms with E-state index in [-0.39, 0.29) is 0 Å².